The maximum absolute atomic E-state index is 12.9. The highest BCUT2D eigenvalue weighted by atomic mass is 79.9. The SMILES string of the molecule is CC(=O)O.COc1cccc(C(=O)CBr)c1.COc1cccc(C(=O)c2sc(Nc3ccc(OC[C@@H](C)N4CCCC4)cc3)nc2N)c1.C[C@H](COc1ccc(N=S)cc1)N1CCCC1. The second-order valence-electron chi connectivity index (χ2n) is 15.1. The average molecular weight is 992 g/mol. The lowest BCUT2D eigenvalue weighted by Gasteiger charge is -2.23. The van der Waals surface area contributed by atoms with Crippen molar-refractivity contribution in [3.05, 3.63) is 113 Å². The highest BCUT2D eigenvalue weighted by molar-refractivity contribution is 9.09. The minimum Gasteiger partial charge on any atom is -0.497 e. The lowest BCUT2D eigenvalue weighted by Crippen LogP contribution is -2.34. The number of alkyl halides is 1. The van der Waals surface area contributed by atoms with E-state index in [4.69, 9.17) is 34.6 Å². The molecule has 2 fully saturated rings. The number of ketones is 2. The van der Waals surface area contributed by atoms with E-state index in [1.54, 1.807) is 56.7 Å². The van der Waals surface area contributed by atoms with Crippen LogP contribution in [0.3, 0.4) is 0 Å². The highest BCUT2D eigenvalue weighted by Gasteiger charge is 2.21. The molecule has 4 N–H and O–H groups in total. The fourth-order valence-electron chi connectivity index (χ4n) is 6.69. The van der Waals surface area contributed by atoms with E-state index < -0.39 is 5.97 Å². The Morgan fingerprint density at radius 1 is 0.785 bits per heavy atom. The fraction of sp³-hybridized carbons (Fsp3) is 0.375. The van der Waals surface area contributed by atoms with Crippen molar-refractivity contribution in [3.8, 4) is 23.0 Å². The van der Waals surface area contributed by atoms with Crippen molar-refractivity contribution in [1.29, 1.82) is 0 Å². The first-order chi connectivity index (χ1) is 31.3. The molecule has 0 spiro atoms. The number of carboxylic acid groups (broad SMARTS) is 1. The van der Waals surface area contributed by atoms with Crippen molar-refractivity contribution in [2.45, 2.75) is 58.5 Å². The lowest BCUT2D eigenvalue weighted by atomic mass is 10.1. The van der Waals surface area contributed by atoms with Crippen LogP contribution in [0.25, 0.3) is 0 Å². The van der Waals surface area contributed by atoms with Crippen LogP contribution in [0.5, 0.6) is 23.0 Å². The maximum Gasteiger partial charge on any atom is 0.300 e. The molecule has 3 heterocycles. The molecular formula is C48H59BrN6O8S2. The first-order valence-electron chi connectivity index (χ1n) is 21.3. The first-order valence-corrected chi connectivity index (χ1v) is 23.6. The van der Waals surface area contributed by atoms with Crippen LogP contribution in [0.15, 0.2) is 101 Å². The van der Waals surface area contributed by atoms with E-state index in [-0.39, 0.29) is 17.4 Å². The van der Waals surface area contributed by atoms with Crippen molar-refractivity contribution < 1.29 is 38.4 Å². The zero-order valence-corrected chi connectivity index (χ0v) is 40.8. The van der Waals surface area contributed by atoms with E-state index >= 15 is 0 Å². The number of Topliss-reactive ketones (excluding diaryl/α,β-unsaturated/α-hetero) is 1. The van der Waals surface area contributed by atoms with Crippen LogP contribution >= 0.6 is 27.3 Å². The monoisotopic (exact) mass is 990 g/mol. The maximum atomic E-state index is 12.9. The van der Waals surface area contributed by atoms with Gasteiger partial charge in [0.15, 0.2) is 10.9 Å². The molecule has 65 heavy (non-hydrogen) atoms. The van der Waals surface area contributed by atoms with Crippen molar-refractivity contribution in [1.82, 2.24) is 14.8 Å². The van der Waals surface area contributed by atoms with Gasteiger partial charge in [0.05, 0.1) is 25.2 Å². The molecule has 0 aliphatic carbocycles. The number of benzene rings is 4. The summed E-state index contributed by atoms with van der Waals surface area (Å²) in [5.74, 6) is 2.31. The molecule has 0 unspecified atom stereocenters. The van der Waals surface area contributed by atoms with Gasteiger partial charge in [-0.05, 0) is 139 Å². The number of aliphatic carboxylic acids is 1. The molecule has 2 saturated heterocycles. The van der Waals surface area contributed by atoms with Gasteiger partial charge in [0.25, 0.3) is 5.97 Å². The largest absolute Gasteiger partial charge is 0.497 e. The Labute approximate surface area is 399 Å². The minimum absolute atomic E-state index is 0.0638. The third-order valence-electron chi connectivity index (χ3n) is 10.3. The van der Waals surface area contributed by atoms with E-state index in [1.807, 2.05) is 54.6 Å². The van der Waals surface area contributed by atoms with Gasteiger partial charge in [-0.15, -0.1) is 0 Å². The van der Waals surface area contributed by atoms with E-state index in [0.717, 1.165) is 49.5 Å². The van der Waals surface area contributed by atoms with Gasteiger partial charge < -0.3 is 35.1 Å². The fourth-order valence-corrected chi connectivity index (χ4v) is 8.00. The number of hydrogen-bond acceptors (Lipinski definition) is 15. The standard InChI is InChI=1S/C24H28N4O3S.C13H18N2OS.C9H9BrO2.C2H4O2/c1-16(28-12-3-4-13-28)15-31-19-10-8-18(9-11-19)26-24-27-23(25)22(32-24)21(29)17-6-5-7-20(14-17)30-2;1-11(15-8-2-3-9-15)10-16-13-6-4-12(14-17)5-7-13;1-12-8-4-2-3-7(5-8)9(11)6-10;1-2(3)4/h5-11,14,16H,3-4,12-13,15,25H2,1-2H3,(H,26,27);4-7,11H,2-3,8-10H2,1H3;2-5H,6H2,1H3;1H3,(H,3,4)/t16-;11-;;/m11../s1. The zero-order valence-electron chi connectivity index (χ0n) is 37.5. The third-order valence-corrected chi connectivity index (χ3v) is 12.0. The number of aromatic nitrogens is 1. The molecule has 5 aromatic rings. The molecular weight excluding hydrogens is 933 g/mol. The lowest BCUT2D eigenvalue weighted by molar-refractivity contribution is -0.134. The van der Waals surface area contributed by atoms with Crippen molar-refractivity contribution in [3.63, 3.8) is 0 Å². The number of likely N-dealkylation sites (tertiary alicyclic amines) is 2. The van der Waals surface area contributed by atoms with Crippen LogP contribution in [-0.4, -0.2) is 108 Å². The number of nitrogens with one attached hydrogen (secondary N) is 1. The summed E-state index contributed by atoms with van der Waals surface area (Å²) in [7, 11) is 3.15. The van der Waals surface area contributed by atoms with Crippen molar-refractivity contribution in [2.75, 3.05) is 70.0 Å². The van der Waals surface area contributed by atoms with Gasteiger partial charge >= 0.3 is 0 Å². The number of nitrogens with zero attached hydrogens (tertiary/aromatic N) is 4. The molecule has 2 aliphatic heterocycles. The van der Waals surface area contributed by atoms with Crippen LogP contribution in [0.4, 0.5) is 22.3 Å². The molecule has 0 amide bonds. The molecule has 348 valence electrons. The van der Waals surface area contributed by atoms with E-state index in [0.29, 0.717) is 56.7 Å². The number of carbonyl (C=O) groups is 3. The predicted molar refractivity (Wildman–Crippen MR) is 265 cm³/mol. The van der Waals surface area contributed by atoms with Gasteiger partial charge in [0, 0.05) is 48.2 Å². The van der Waals surface area contributed by atoms with Crippen LogP contribution in [-0.2, 0) is 17.2 Å². The summed E-state index contributed by atoms with van der Waals surface area (Å²) in [5.41, 5.74) is 8.87. The molecule has 1 aromatic heterocycles. The highest BCUT2D eigenvalue weighted by Crippen LogP contribution is 2.31. The number of hydrogen-bond donors (Lipinski definition) is 3. The van der Waals surface area contributed by atoms with Crippen molar-refractivity contribution in [2.24, 2.45) is 4.36 Å². The summed E-state index contributed by atoms with van der Waals surface area (Å²) in [5, 5.41) is 11.5. The van der Waals surface area contributed by atoms with Gasteiger partial charge in [0.1, 0.15) is 46.9 Å². The van der Waals surface area contributed by atoms with Crippen LogP contribution in [0.2, 0.25) is 0 Å². The Balaban J connectivity index is 0.000000233. The normalized spacial score (nSPS) is 14.1. The Hall–Kier alpha value is -5.46. The molecule has 0 radical (unpaired) electrons. The number of rotatable bonds is 17. The molecule has 7 rings (SSSR count). The Morgan fingerprint density at radius 2 is 1.25 bits per heavy atom. The number of ether oxygens (including phenoxy) is 4. The second-order valence-corrected chi connectivity index (χ2v) is 16.9. The average Bonchev–Trinajstić information content (AvgIpc) is 4.15. The van der Waals surface area contributed by atoms with Crippen LogP contribution < -0.4 is 30.0 Å². The summed E-state index contributed by atoms with van der Waals surface area (Å²) < 4.78 is 25.6. The summed E-state index contributed by atoms with van der Waals surface area (Å²) in [6, 6.07) is 30.3. The number of thiazole rings is 1. The van der Waals surface area contributed by atoms with Gasteiger partial charge in [-0.1, -0.05) is 51.5 Å². The quantitative estimate of drug-likeness (QED) is 0.0592. The second kappa shape index (κ2) is 27.8. The number of halogens is 1. The number of carbonyl (C=O) groups excluding carboxylic acids is 2. The summed E-state index contributed by atoms with van der Waals surface area (Å²) in [6.45, 7) is 11.7. The molecule has 2 atom stereocenters. The Kier molecular flexibility index (Phi) is 22.3. The molecule has 17 heteroatoms. The molecule has 14 nitrogen and oxygen atoms in total. The summed E-state index contributed by atoms with van der Waals surface area (Å²) in [4.78, 5) is 42.7. The predicted octanol–water partition coefficient (Wildman–Crippen LogP) is 9.85. The smallest absolute Gasteiger partial charge is 0.300 e. The van der Waals surface area contributed by atoms with Gasteiger partial charge in [-0.3, -0.25) is 24.2 Å². The van der Waals surface area contributed by atoms with Crippen molar-refractivity contribution >= 4 is 79.6 Å². The van der Waals surface area contributed by atoms with E-state index in [2.05, 4.69) is 66.7 Å². The third kappa shape index (κ3) is 17.8. The number of anilines is 3. The van der Waals surface area contributed by atoms with Crippen LogP contribution in [0, 0.1) is 0 Å². The molecule has 0 saturated carbocycles. The first kappa shape index (κ1) is 52.2. The number of carboxylic acids is 1. The van der Waals surface area contributed by atoms with E-state index in [1.165, 1.54) is 50.1 Å². The minimum atomic E-state index is -0.833. The van der Waals surface area contributed by atoms with Gasteiger partial charge in [-0.25, -0.2) is 4.98 Å². The van der Waals surface area contributed by atoms with Gasteiger partial charge in [0.2, 0.25) is 5.78 Å². The molecule has 0 bridgehead atoms. The number of nitrogen functional groups attached to an aromatic ring is 1. The topological polar surface area (TPSA) is 178 Å². The molecule has 4 aromatic carbocycles. The zero-order chi connectivity index (χ0) is 47.1. The Morgan fingerprint density at radius 3 is 1.71 bits per heavy atom. The number of methoxy groups -OCH3 is 2. The van der Waals surface area contributed by atoms with Crippen LogP contribution in [0.1, 0.15) is 72.0 Å². The summed E-state index contributed by atoms with van der Waals surface area (Å²) >= 11 is 8.95. The molecule has 2 aliphatic rings. The Bertz CT molecular complexity index is 2250. The number of nitrogens with two attached hydrogens (primary N) is 1. The van der Waals surface area contributed by atoms with Gasteiger partial charge in [-0.2, -0.15) is 4.36 Å². The summed E-state index contributed by atoms with van der Waals surface area (Å²) in [6.07, 6.45) is 5.19. The van der Waals surface area contributed by atoms with E-state index in [9.17, 15) is 9.59 Å².